The first-order chi connectivity index (χ1) is 9.70. The summed E-state index contributed by atoms with van der Waals surface area (Å²) in [6, 6.07) is 14.1. The van der Waals surface area contributed by atoms with E-state index in [1.807, 2.05) is 6.07 Å². The highest BCUT2D eigenvalue weighted by Crippen LogP contribution is 2.26. The van der Waals surface area contributed by atoms with Crippen LogP contribution in [0.5, 0.6) is 0 Å². The third kappa shape index (κ3) is 3.01. The Morgan fingerprint density at radius 1 is 1.10 bits per heavy atom. The molecule has 20 heavy (non-hydrogen) atoms. The van der Waals surface area contributed by atoms with Crippen LogP contribution in [0.2, 0.25) is 0 Å². The number of anilines is 1. The van der Waals surface area contributed by atoms with E-state index in [1.165, 1.54) is 29.3 Å². The molecule has 3 rings (SSSR count). The van der Waals surface area contributed by atoms with E-state index in [-0.39, 0.29) is 5.82 Å². The molecule has 0 saturated carbocycles. The van der Waals surface area contributed by atoms with E-state index in [0.29, 0.717) is 6.04 Å². The van der Waals surface area contributed by atoms with Crippen LogP contribution in [0.1, 0.15) is 30.0 Å². The van der Waals surface area contributed by atoms with Gasteiger partial charge in [0.25, 0.3) is 0 Å². The Bertz CT molecular complexity index is 606. The van der Waals surface area contributed by atoms with Crippen molar-refractivity contribution in [2.45, 2.75) is 38.6 Å². The highest BCUT2D eigenvalue weighted by atomic mass is 19.1. The number of nitrogens with one attached hydrogen (secondary N) is 1. The molecule has 0 aliphatic carbocycles. The van der Waals surface area contributed by atoms with E-state index in [4.69, 9.17) is 0 Å². The Morgan fingerprint density at radius 2 is 1.90 bits per heavy atom. The van der Waals surface area contributed by atoms with Crippen LogP contribution in [-0.2, 0) is 19.3 Å². The summed E-state index contributed by atoms with van der Waals surface area (Å²) < 4.78 is 13.1. The first-order valence-electron chi connectivity index (χ1n) is 7.33. The van der Waals surface area contributed by atoms with Gasteiger partial charge in [0.1, 0.15) is 5.82 Å². The highest BCUT2D eigenvalue weighted by Gasteiger charge is 2.13. The van der Waals surface area contributed by atoms with Crippen LogP contribution in [-0.4, -0.2) is 6.04 Å². The minimum atomic E-state index is -0.147. The molecule has 0 radical (unpaired) electrons. The Morgan fingerprint density at radius 3 is 2.70 bits per heavy atom. The summed E-state index contributed by atoms with van der Waals surface area (Å²) in [5.74, 6) is -0.147. The monoisotopic (exact) mass is 269 g/mol. The minimum Gasteiger partial charge on any atom is -0.382 e. The molecule has 2 aromatic rings. The highest BCUT2D eigenvalue weighted by molar-refractivity contribution is 5.55. The number of hydrogen-bond acceptors (Lipinski definition) is 1. The molecule has 0 spiro atoms. The lowest BCUT2D eigenvalue weighted by molar-refractivity contribution is 0.625. The van der Waals surface area contributed by atoms with Crippen molar-refractivity contribution in [3.63, 3.8) is 0 Å². The second kappa shape index (κ2) is 5.66. The van der Waals surface area contributed by atoms with Crippen molar-refractivity contribution in [1.82, 2.24) is 0 Å². The van der Waals surface area contributed by atoms with Crippen LogP contribution in [0.4, 0.5) is 10.1 Å². The fraction of sp³-hybridized carbons (Fsp3) is 0.333. The number of halogens is 1. The molecule has 1 aliphatic rings. The smallest absolute Gasteiger partial charge is 0.123 e. The molecule has 0 aromatic heterocycles. The van der Waals surface area contributed by atoms with Gasteiger partial charge in [-0.15, -0.1) is 0 Å². The van der Waals surface area contributed by atoms with E-state index in [1.54, 1.807) is 12.1 Å². The fourth-order valence-electron chi connectivity index (χ4n) is 2.84. The van der Waals surface area contributed by atoms with E-state index >= 15 is 0 Å². The predicted octanol–water partition coefficient (Wildman–Crippen LogP) is 4.36. The van der Waals surface area contributed by atoms with Crippen molar-refractivity contribution in [1.29, 1.82) is 0 Å². The average Bonchev–Trinajstić information content (AvgIpc) is 2.45. The molecule has 1 aliphatic heterocycles. The molecule has 1 heterocycles. The Labute approximate surface area is 119 Å². The second-order valence-corrected chi connectivity index (χ2v) is 5.71. The van der Waals surface area contributed by atoms with Gasteiger partial charge in [0.2, 0.25) is 0 Å². The van der Waals surface area contributed by atoms with E-state index < -0.39 is 0 Å². The van der Waals surface area contributed by atoms with Gasteiger partial charge in [-0.1, -0.05) is 24.3 Å². The maximum Gasteiger partial charge on any atom is 0.123 e. The first kappa shape index (κ1) is 13.2. The molecule has 0 bridgehead atoms. The number of hydrogen-bond donors (Lipinski definition) is 1. The molecule has 0 amide bonds. The van der Waals surface area contributed by atoms with Gasteiger partial charge in [-0.2, -0.15) is 0 Å². The largest absolute Gasteiger partial charge is 0.382 e. The van der Waals surface area contributed by atoms with Crippen LogP contribution in [0.25, 0.3) is 0 Å². The number of fused-ring (bicyclic) bond motifs is 1. The molecule has 2 heteroatoms. The van der Waals surface area contributed by atoms with Crippen LogP contribution in [0, 0.1) is 5.82 Å². The van der Waals surface area contributed by atoms with E-state index in [0.717, 1.165) is 24.8 Å². The summed E-state index contributed by atoms with van der Waals surface area (Å²) >= 11 is 0. The standard InChI is InChI=1S/C18H20FN/c1-13-5-9-16-11-15(8-10-18(16)20-13)7-6-14-3-2-4-17(19)12-14/h2-4,8,10-13,20H,5-7,9H2,1H3. The Kier molecular flexibility index (Phi) is 3.72. The van der Waals surface area contributed by atoms with Gasteiger partial charge in [0.15, 0.2) is 0 Å². The Hall–Kier alpha value is -1.83. The van der Waals surface area contributed by atoms with Crippen LogP contribution >= 0.6 is 0 Å². The molecule has 1 unspecified atom stereocenters. The summed E-state index contributed by atoms with van der Waals surface area (Å²) in [5.41, 5.74) is 5.09. The lowest BCUT2D eigenvalue weighted by Gasteiger charge is -2.24. The van der Waals surface area contributed by atoms with Crippen LogP contribution < -0.4 is 5.32 Å². The summed E-state index contributed by atoms with van der Waals surface area (Å²) in [6.07, 6.45) is 4.20. The normalized spacial score (nSPS) is 17.4. The SMILES string of the molecule is CC1CCc2cc(CCc3cccc(F)c3)ccc2N1. The zero-order chi connectivity index (χ0) is 13.9. The fourth-order valence-corrected chi connectivity index (χ4v) is 2.84. The topological polar surface area (TPSA) is 12.0 Å². The molecule has 1 atom stereocenters. The van der Waals surface area contributed by atoms with Crippen LogP contribution in [0.15, 0.2) is 42.5 Å². The first-order valence-corrected chi connectivity index (χ1v) is 7.33. The summed E-state index contributed by atoms with van der Waals surface area (Å²) in [6.45, 7) is 2.22. The molecular formula is C18H20FN. The maximum absolute atomic E-state index is 13.1. The quantitative estimate of drug-likeness (QED) is 0.873. The zero-order valence-electron chi connectivity index (χ0n) is 11.8. The van der Waals surface area contributed by atoms with Crippen molar-refractivity contribution in [2.75, 3.05) is 5.32 Å². The molecule has 1 N–H and O–H groups in total. The van der Waals surface area contributed by atoms with Gasteiger partial charge in [-0.3, -0.25) is 0 Å². The van der Waals surface area contributed by atoms with Crippen molar-refractivity contribution < 1.29 is 4.39 Å². The summed E-state index contributed by atoms with van der Waals surface area (Å²) in [5, 5.41) is 3.52. The molecule has 0 saturated heterocycles. The van der Waals surface area contributed by atoms with Crippen LogP contribution in [0.3, 0.4) is 0 Å². The molecule has 2 aromatic carbocycles. The number of rotatable bonds is 3. The predicted molar refractivity (Wildman–Crippen MR) is 81.7 cm³/mol. The number of aryl methyl sites for hydroxylation is 3. The summed E-state index contributed by atoms with van der Waals surface area (Å²) in [4.78, 5) is 0. The van der Waals surface area contributed by atoms with Crippen molar-refractivity contribution in [3.05, 3.63) is 65.0 Å². The van der Waals surface area contributed by atoms with Gasteiger partial charge in [-0.05, 0) is 67.5 Å². The van der Waals surface area contributed by atoms with E-state index in [2.05, 4.69) is 30.4 Å². The second-order valence-electron chi connectivity index (χ2n) is 5.71. The summed E-state index contributed by atoms with van der Waals surface area (Å²) in [7, 11) is 0. The molecular weight excluding hydrogens is 249 g/mol. The minimum absolute atomic E-state index is 0.147. The van der Waals surface area contributed by atoms with Crippen molar-refractivity contribution in [2.24, 2.45) is 0 Å². The van der Waals surface area contributed by atoms with Crippen molar-refractivity contribution >= 4 is 5.69 Å². The number of benzene rings is 2. The molecule has 104 valence electrons. The Balaban J connectivity index is 1.69. The van der Waals surface area contributed by atoms with E-state index in [9.17, 15) is 4.39 Å². The molecule has 0 fully saturated rings. The van der Waals surface area contributed by atoms with Gasteiger partial charge >= 0.3 is 0 Å². The van der Waals surface area contributed by atoms with Gasteiger partial charge < -0.3 is 5.32 Å². The third-order valence-corrected chi connectivity index (χ3v) is 4.01. The van der Waals surface area contributed by atoms with Gasteiger partial charge in [-0.25, -0.2) is 4.39 Å². The van der Waals surface area contributed by atoms with Gasteiger partial charge in [0.05, 0.1) is 0 Å². The molecule has 1 nitrogen and oxygen atoms in total. The average molecular weight is 269 g/mol. The zero-order valence-corrected chi connectivity index (χ0v) is 11.8. The lowest BCUT2D eigenvalue weighted by Crippen LogP contribution is -2.21. The van der Waals surface area contributed by atoms with Gasteiger partial charge in [0, 0.05) is 11.7 Å². The third-order valence-electron chi connectivity index (χ3n) is 4.01. The lowest BCUT2D eigenvalue weighted by atomic mass is 9.95. The van der Waals surface area contributed by atoms with Crippen molar-refractivity contribution in [3.8, 4) is 0 Å². The maximum atomic E-state index is 13.1.